The molecule has 1 heterocycles. The second-order valence-corrected chi connectivity index (χ2v) is 8.61. The van der Waals surface area contributed by atoms with Crippen LogP contribution in [0.5, 0.6) is 0 Å². The highest BCUT2D eigenvalue weighted by atomic mass is 32.2. The summed E-state index contributed by atoms with van der Waals surface area (Å²) >= 11 is 5.46. The lowest BCUT2D eigenvalue weighted by Crippen LogP contribution is -2.44. The fourth-order valence-corrected chi connectivity index (χ4v) is 4.75. The minimum atomic E-state index is -2.97. The minimum absolute atomic E-state index is 0.0955. The number of nitrogens with one attached hydrogen (secondary N) is 1. The van der Waals surface area contributed by atoms with Crippen molar-refractivity contribution in [2.45, 2.75) is 39.2 Å². The van der Waals surface area contributed by atoms with E-state index in [4.69, 9.17) is 12.2 Å². The van der Waals surface area contributed by atoms with Crippen LogP contribution < -0.4 is 5.32 Å². The van der Waals surface area contributed by atoms with E-state index in [0.29, 0.717) is 29.3 Å². The molecule has 1 aliphatic rings. The molecule has 0 saturated carbocycles. The maximum absolute atomic E-state index is 13.7. The summed E-state index contributed by atoms with van der Waals surface area (Å²) in [5.74, 6) is 0.0596. The summed E-state index contributed by atoms with van der Waals surface area (Å²) in [7, 11) is -2.97. The molecular formula is C16H23FN2O2S2. The maximum Gasteiger partial charge on any atom is 0.173 e. The second kappa shape index (κ2) is 7.57. The van der Waals surface area contributed by atoms with Crippen molar-refractivity contribution in [3.8, 4) is 0 Å². The van der Waals surface area contributed by atoms with E-state index in [-0.39, 0.29) is 23.4 Å². The van der Waals surface area contributed by atoms with Crippen LogP contribution >= 0.6 is 12.2 Å². The Kier molecular flexibility index (Phi) is 5.97. The number of benzene rings is 1. The van der Waals surface area contributed by atoms with Gasteiger partial charge in [-0.25, -0.2) is 12.8 Å². The number of halogens is 1. The molecule has 2 rings (SSSR count). The van der Waals surface area contributed by atoms with Gasteiger partial charge >= 0.3 is 0 Å². The van der Waals surface area contributed by atoms with Gasteiger partial charge in [-0.3, -0.25) is 0 Å². The van der Waals surface area contributed by atoms with Gasteiger partial charge in [0.1, 0.15) is 5.82 Å². The van der Waals surface area contributed by atoms with Gasteiger partial charge in [0.05, 0.1) is 11.5 Å². The fourth-order valence-electron chi connectivity index (χ4n) is 2.67. The Balaban J connectivity index is 2.11. The second-order valence-electron chi connectivity index (χ2n) is 6.00. The molecule has 1 aromatic rings. The van der Waals surface area contributed by atoms with Gasteiger partial charge in [-0.1, -0.05) is 19.4 Å². The maximum atomic E-state index is 13.7. The van der Waals surface area contributed by atoms with Crippen molar-refractivity contribution in [3.05, 3.63) is 29.6 Å². The fraction of sp³-hybridized carbons (Fsp3) is 0.562. The smallest absolute Gasteiger partial charge is 0.173 e. The molecule has 0 unspecified atom stereocenters. The number of nitrogens with zero attached hydrogens (tertiary/aromatic N) is 1. The third-order valence-electron chi connectivity index (χ3n) is 4.09. The third-order valence-corrected chi connectivity index (χ3v) is 6.17. The molecule has 0 spiro atoms. The van der Waals surface area contributed by atoms with E-state index in [1.165, 1.54) is 6.07 Å². The van der Waals surface area contributed by atoms with Crippen LogP contribution in [0.3, 0.4) is 0 Å². The Morgan fingerprint density at radius 3 is 2.78 bits per heavy atom. The first-order valence-corrected chi connectivity index (χ1v) is 10.1. The van der Waals surface area contributed by atoms with E-state index < -0.39 is 9.84 Å². The molecule has 0 amide bonds. The third kappa shape index (κ3) is 4.88. The molecule has 0 aromatic heterocycles. The number of hydrogen-bond donors (Lipinski definition) is 1. The Labute approximate surface area is 143 Å². The van der Waals surface area contributed by atoms with E-state index >= 15 is 0 Å². The van der Waals surface area contributed by atoms with E-state index in [1.54, 1.807) is 19.1 Å². The molecule has 1 saturated heterocycles. The number of rotatable bonds is 5. The zero-order valence-electron chi connectivity index (χ0n) is 13.5. The quantitative estimate of drug-likeness (QED) is 0.820. The standard InChI is InChI=1S/C16H23FN2O2S2/c1-3-4-8-19(14-7-9-23(20,21)11-14)16(22)18-13-6-5-12(2)15(17)10-13/h5-6,10,14H,3-4,7-9,11H2,1-2H3,(H,18,22)/t14-/m1/s1. The number of unbranched alkanes of at least 4 members (excludes halogenated alkanes) is 1. The van der Waals surface area contributed by atoms with Crippen LogP contribution in [0.4, 0.5) is 10.1 Å². The lowest BCUT2D eigenvalue weighted by molar-refractivity contribution is 0.333. The van der Waals surface area contributed by atoms with Gasteiger partial charge in [0, 0.05) is 18.3 Å². The summed E-state index contributed by atoms with van der Waals surface area (Å²) in [6.45, 7) is 4.49. The van der Waals surface area contributed by atoms with Crippen molar-refractivity contribution in [1.29, 1.82) is 0 Å². The Hall–Kier alpha value is -1.21. The molecule has 0 bridgehead atoms. The van der Waals surface area contributed by atoms with Crippen molar-refractivity contribution in [3.63, 3.8) is 0 Å². The molecule has 4 nitrogen and oxygen atoms in total. The SMILES string of the molecule is CCCCN(C(=S)Nc1ccc(C)c(F)c1)[C@@H]1CCS(=O)(=O)C1. The first kappa shape index (κ1) is 18.1. The van der Waals surface area contributed by atoms with Gasteiger partial charge in [0.25, 0.3) is 0 Å². The van der Waals surface area contributed by atoms with Crippen LogP contribution in [-0.2, 0) is 9.84 Å². The average molecular weight is 359 g/mol. The zero-order valence-corrected chi connectivity index (χ0v) is 15.1. The molecule has 0 radical (unpaired) electrons. The van der Waals surface area contributed by atoms with E-state index in [1.807, 2.05) is 4.90 Å². The lowest BCUT2D eigenvalue weighted by Gasteiger charge is -2.31. The topological polar surface area (TPSA) is 49.4 Å². The summed E-state index contributed by atoms with van der Waals surface area (Å²) in [4.78, 5) is 1.95. The zero-order chi connectivity index (χ0) is 17.0. The molecule has 23 heavy (non-hydrogen) atoms. The summed E-state index contributed by atoms with van der Waals surface area (Å²) in [6.07, 6.45) is 2.52. The van der Waals surface area contributed by atoms with Crippen LogP contribution in [0.25, 0.3) is 0 Å². The van der Waals surface area contributed by atoms with Crippen molar-refractivity contribution in [2.24, 2.45) is 0 Å². The predicted molar refractivity (Wildman–Crippen MR) is 96.0 cm³/mol. The Morgan fingerprint density at radius 1 is 1.48 bits per heavy atom. The summed E-state index contributed by atoms with van der Waals surface area (Å²) in [6, 6.07) is 4.78. The lowest BCUT2D eigenvalue weighted by atomic mass is 10.2. The number of anilines is 1. The highest BCUT2D eigenvalue weighted by molar-refractivity contribution is 7.91. The van der Waals surface area contributed by atoms with Gasteiger partial charge in [-0.05, 0) is 49.7 Å². The molecule has 1 fully saturated rings. The van der Waals surface area contributed by atoms with E-state index in [0.717, 1.165) is 12.8 Å². The molecule has 0 aliphatic carbocycles. The van der Waals surface area contributed by atoms with E-state index in [9.17, 15) is 12.8 Å². The van der Waals surface area contributed by atoms with E-state index in [2.05, 4.69) is 12.2 Å². The van der Waals surface area contributed by atoms with Gasteiger partial charge < -0.3 is 10.2 Å². The minimum Gasteiger partial charge on any atom is -0.345 e. The van der Waals surface area contributed by atoms with Gasteiger partial charge in [-0.15, -0.1) is 0 Å². The van der Waals surface area contributed by atoms with Crippen molar-refractivity contribution < 1.29 is 12.8 Å². The Bertz CT molecular complexity index is 677. The van der Waals surface area contributed by atoms with Crippen LogP contribution in [0.2, 0.25) is 0 Å². The first-order valence-electron chi connectivity index (χ1n) is 7.86. The number of hydrogen-bond acceptors (Lipinski definition) is 3. The molecule has 7 heteroatoms. The highest BCUT2D eigenvalue weighted by Gasteiger charge is 2.33. The molecule has 1 aromatic carbocycles. The number of sulfone groups is 1. The van der Waals surface area contributed by atoms with Crippen LogP contribution in [0, 0.1) is 12.7 Å². The van der Waals surface area contributed by atoms with Gasteiger partial charge in [0.15, 0.2) is 14.9 Å². The summed E-state index contributed by atoms with van der Waals surface area (Å²) in [5, 5.41) is 3.51. The Morgan fingerprint density at radius 2 is 2.22 bits per heavy atom. The number of aryl methyl sites for hydroxylation is 1. The summed E-state index contributed by atoms with van der Waals surface area (Å²) < 4.78 is 37.1. The van der Waals surface area contributed by atoms with Crippen LogP contribution in [-0.4, -0.2) is 42.5 Å². The van der Waals surface area contributed by atoms with Crippen molar-refractivity contribution in [1.82, 2.24) is 4.90 Å². The largest absolute Gasteiger partial charge is 0.345 e. The molecular weight excluding hydrogens is 335 g/mol. The summed E-state index contributed by atoms with van der Waals surface area (Å²) in [5.41, 5.74) is 1.16. The van der Waals surface area contributed by atoms with Gasteiger partial charge in [0.2, 0.25) is 0 Å². The monoisotopic (exact) mass is 358 g/mol. The molecule has 128 valence electrons. The van der Waals surface area contributed by atoms with Crippen LogP contribution in [0.15, 0.2) is 18.2 Å². The van der Waals surface area contributed by atoms with Gasteiger partial charge in [-0.2, -0.15) is 0 Å². The number of thiocarbonyl (C=S) groups is 1. The predicted octanol–water partition coefficient (Wildman–Crippen LogP) is 3.12. The average Bonchev–Trinajstić information content (AvgIpc) is 2.83. The molecule has 1 N–H and O–H groups in total. The normalized spacial score (nSPS) is 19.5. The molecule has 1 aliphatic heterocycles. The van der Waals surface area contributed by atoms with Crippen LogP contribution in [0.1, 0.15) is 31.7 Å². The highest BCUT2D eigenvalue weighted by Crippen LogP contribution is 2.21. The first-order chi connectivity index (χ1) is 10.8. The van der Waals surface area contributed by atoms with Crippen molar-refractivity contribution >= 4 is 32.9 Å². The molecule has 1 atom stereocenters. The van der Waals surface area contributed by atoms with Crippen molar-refractivity contribution in [2.75, 3.05) is 23.4 Å².